The standard InChI is InChI=1S/C10H10ClF3O2/c11-7-3-1-6(2-4-7)8(15)5-9(16)10(12,13)14/h1-4,8-9,15-16H,5H2/t8-,9-/m0/s1. The second-order valence-corrected chi connectivity index (χ2v) is 3.80. The summed E-state index contributed by atoms with van der Waals surface area (Å²) >= 11 is 5.58. The van der Waals surface area contributed by atoms with Gasteiger partial charge >= 0.3 is 6.18 Å². The van der Waals surface area contributed by atoms with Crippen LogP contribution in [0.4, 0.5) is 13.2 Å². The molecule has 0 saturated carbocycles. The van der Waals surface area contributed by atoms with Gasteiger partial charge in [0.1, 0.15) is 0 Å². The molecule has 1 aromatic carbocycles. The number of halogens is 4. The molecule has 0 radical (unpaired) electrons. The van der Waals surface area contributed by atoms with Crippen molar-refractivity contribution in [1.82, 2.24) is 0 Å². The van der Waals surface area contributed by atoms with Crippen LogP contribution in [0.5, 0.6) is 0 Å². The summed E-state index contributed by atoms with van der Waals surface area (Å²) in [6.45, 7) is 0. The lowest BCUT2D eigenvalue weighted by Crippen LogP contribution is -2.30. The number of alkyl halides is 3. The van der Waals surface area contributed by atoms with Crippen LogP contribution in [-0.4, -0.2) is 22.5 Å². The van der Waals surface area contributed by atoms with Gasteiger partial charge in [0.25, 0.3) is 0 Å². The minimum atomic E-state index is -4.71. The Kier molecular flexibility index (Phi) is 4.18. The summed E-state index contributed by atoms with van der Waals surface area (Å²) in [5.74, 6) is 0. The van der Waals surface area contributed by atoms with Gasteiger partial charge in [-0.25, -0.2) is 0 Å². The molecule has 0 heterocycles. The van der Waals surface area contributed by atoms with Crippen LogP contribution >= 0.6 is 11.6 Å². The number of hydrogen-bond donors (Lipinski definition) is 2. The van der Waals surface area contributed by atoms with E-state index >= 15 is 0 Å². The highest BCUT2D eigenvalue weighted by Crippen LogP contribution is 2.28. The van der Waals surface area contributed by atoms with Crippen molar-refractivity contribution in [3.05, 3.63) is 34.9 Å². The summed E-state index contributed by atoms with van der Waals surface area (Å²) in [5.41, 5.74) is 0.285. The molecule has 0 aliphatic heterocycles. The van der Waals surface area contributed by atoms with Gasteiger partial charge in [0.05, 0.1) is 6.10 Å². The van der Waals surface area contributed by atoms with Gasteiger partial charge in [0, 0.05) is 11.4 Å². The van der Waals surface area contributed by atoms with Gasteiger partial charge in [-0.2, -0.15) is 13.2 Å². The van der Waals surface area contributed by atoms with E-state index in [2.05, 4.69) is 0 Å². The summed E-state index contributed by atoms with van der Waals surface area (Å²) in [6.07, 6.45) is -9.40. The van der Waals surface area contributed by atoms with Crippen LogP contribution in [0.25, 0.3) is 0 Å². The van der Waals surface area contributed by atoms with E-state index in [1.54, 1.807) is 0 Å². The van der Waals surface area contributed by atoms with Gasteiger partial charge in [0.15, 0.2) is 6.10 Å². The third-order valence-corrected chi connectivity index (χ3v) is 2.33. The van der Waals surface area contributed by atoms with Gasteiger partial charge < -0.3 is 10.2 Å². The molecule has 0 unspecified atom stereocenters. The summed E-state index contributed by atoms with van der Waals surface area (Å²) in [5, 5.41) is 18.6. The molecule has 6 heteroatoms. The maximum Gasteiger partial charge on any atom is 0.414 e. The van der Waals surface area contributed by atoms with Crippen molar-refractivity contribution < 1.29 is 23.4 Å². The van der Waals surface area contributed by atoms with Gasteiger partial charge in [0.2, 0.25) is 0 Å². The highest BCUT2D eigenvalue weighted by molar-refractivity contribution is 6.30. The van der Waals surface area contributed by atoms with Crippen LogP contribution in [0.3, 0.4) is 0 Å². The first-order chi connectivity index (χ1) is 7.30. The number of hydrogen-bond acceptors (Lipinski definition) is 2. The van der Waals surface area contributed by atoms with Crippen molar-refractivity contribution in [2.45, 2.75) is 24.8 Å². The first kappa shape index (κ1) is 13.3. The Labute approximate surface area is 95.3 Å². The predicted molar refractivity (Wildman–Crippen MR) is 53.1 cm³/mol. The van der Waals surface area contributed by atoms with Gasteiger partial charge in [-0.3, -0.25) is 0 Å². The predicted octanol–water partition coefficient (Wildman–Crippen LogP) is 2.69. The van der Waals surface area contributed by atoms with Crippen LogP contribution in [0.1, 0.15) is 18.1 Å². The Balaban J connectivity index is 2.65. The Bertz CT molecular complexity index is 337. The second-order valence-electron chi connectivity index (χ2n) is 3.36. The number of benzene rings is 1. The molecule has 0 aliphatic rings. The molecule has 2 nitrogen and oxygen atoms in total. The zero-order valence-corrected chi connectivity index (χ0v) is 8.83. The maximum absolute atomic E-state index is 12.0. The Morgan fingerprint density at radius 1 is 1.12 bits per heavy atom. The largest absolute Gasteiger partial charge is 0.414 e. The van der Waals surface area contributed by atoms with E-state index in [1.807, 2.05) is 0 Å². The topological polar surface area (TPSA) is 40.5 Å². The lowest BCUT2D eigenvalue weighted by atomic mass is 10.0. The van der Waals surface area contributed by atoms with Crippen molar-refractivity contribution in [2.24, 2.45) is 0 Å². The fraction of sp³-hybridized carbons (Fsp3) is 0.400. The lowest BCUT2D eigenvalue weighted by Gasteiger charge is -2.18. The van der Waals surface area contributed by atoms with E-state index in [0.29, 0.717) is 5.02 Å². The van der Waals surface area contributed by atoms with E-state index < -0.39 is 24.8 Å². The Morgan fingerprint density at radius 2 is 1.62 bits per heavy atom. The van der Waals surface area contributed by atoms with Crippen molar-refractivity contribution in [3.63, 3.8) is 0 Å². The summed E-state index contributed by atoms with van der Waals surface area (Å²) in [7, 11) is 0. The third kappa shape index (κ3) is 3.66. The molecule has 2 atom stereocenters. The zero-order chi connectivity index (χ0) is 12.3. The normalized spacial score (nSPS) is 15.9. The third-order valence-electron chi connectivity index (χ3n) is 2.08. The first-order valence-electron chi connectivity index (χ1n) is 4.49. The molecule has 1 aromatic rings. The first-order valence-corrected chi connectivity index (χ1v) is 4.87. The van der Waals surface area contributed by atoms with E-state index in [1.165, 1.54) is 24.3 Å². The van der Waals surface area contributed by atoms with Crippen molar-refractivity contribution in [1.29, 1.82) is 0 Å². The summed E-state index contributed by atoms with van der Waals surface area (Å²) < 4.78 is 36.0. The van der Waals surface area contributed by atoms with E-state index in [0.717, 1.165) is 0 Å². The lowest BCUT2D eigenvalue weighted by molar-refractivity contribution is -0.211. The quantitative estimate of drug-likeness (QED) is 0.871. The van der Waals surface area contributed by atoms with Crippen LogP contribution in [0.2, 0.25) is 5.02 Å². The van der Waals surface area contributed by atoms with Gasteiger partial charge in [-0.15, -0.1) is 0 Å². The molecule has 0 amide bonds. The molecule has 90 valence electrons. The van der Waals surface area contributed by atoms with Crippen molar-refractivity contribution in [3.8, 4) is 0 Å². The van der Waals surface area contributed by atoms with Crippen LogP contribution in [0, 0.1) is 0 Å². The zero-order valence-electron chi connectivity index (χ0n) is 8.08. The highest BCUT2D eigenvalue weighted by Gasteiger charge is 2.39. The van der Waals surface area contributed by atoms with E-state index in [9.17, 15) is 18.3 Å². The van der Waals surface area contributed by atoms with Crippen LogP contribution in [0.15, 0.2) is 24.3 Å². The van der Waals surface area contributed by atoms with Crippen molar-refractivity contribution >= 4 is 11.6 Å². The van der Waals surface area contributed by atoms with Gasteiger partial charge in [-0.05, 0) is 17.7 Å². The van der Waals surface area contributed by atoms with E-state index in [-0.39, 0.29) is 5.56 Å². The number of aliphatic hydroxyl groups excluding tert-OH is 2. The molecule has 0 aromatic heterocycles. The summed E-state index contributed by atoms with van der Waals surface area (Å²) in [6, 6.07) is 5.74. The monoisotopic (exact) mass is 254 g/mol. The second kappa shape index (κ2) is 5.03. The molecule has 1 rings (SSSR count). The SMILES string of the molecule is O[C@@H](C[C@H](O)C(F)(F)F)c1ccc(Cl)cc1. The molecular weight excluding hydrogens is 245 g/mol. The molecule has 0 aliphatic carbocycles. The molecule has 0 saturated heterocycles. The average Bonchev–Trinajstić information content (AvgIpc) is 2.17. The molecule has 0 spiro atoms. The van der Waals surface area contributed by atoms with Gasteiger partial charge in [-0.1, -0.05) is 23.7 Å². The van der Waals surface area contributed by atoms with Crippen molar-refractivity contribution in [2.75, 3.05) is 0 Å². The molecule has 0 bridgehead atoms. The molecular formula is C10H10ClF3O2. The Morgan fingerprint density at radius 3 is 2.06 bits per heavy atom. The smallest absolute Gasteiger partial charge is 0.388 e. The number of aliphatic hydroxyl groups is 2. The summed E-state index contributed by atoms with van der Waals surface area (Å²) in [4.78, 5) is 0. The fourth-order valence-corrected chi connectivity index (χ4v) is 1.29. The highest BCUT2D eigenvalue weighted by atomic mass is 35.5. The fourth-order valence-electron chi connectivity index (χ4n) is 1.17. The number of rotatable bonds is 3. The Hall–Kier alpha value is -0.780. The van der Waals surface area contributed by atoms with E-state index in [4.69, 9.17) is 16.7 Å². The molecule has 0 fully saturated rings. The van der Waals surface area contributed by atoms with Crippen LogP contribution < -0.4 is 0 Å². The minimum absolute atomic E-state index is 0.285. The average molecular weight is 255 g/mol. The molecule has 2 N–H and O–H groups in total. The van der Waals surface area contributed by atoms with Crippen LogP contribution in [-0.2, 0) is 0 Å². The molecule has 16 heavy (non-hydrogen) atoms. The maximum atomic E-state index is 12.0. The minimum Gasteiger partial charge on any atom is -0.388 e.